The summed E-state index contributed by atoms with van der Waals surface area (Å²) in [5.74, 6) is 1.01. The Morgan fingerprint density at radius 3 is 2.47 bits per heavy atom. The highest BCUT2D eigenvalue weighted by molar-refractivity contribution is 7.99. The highest BCUT2D eigenvalue weighted by atomic mass is 32.2. The van der Waals surface area contributed by atoms with Gasteiger partial charge in [0, 0.05) is 22.7 Å². The van der Waals surface area contributed by atoms with Crippen LogP contribution in [-0.4, -0.2) is 29.8 Å². The number of nitrogens with one attached hydrogen (secondary N) is 2. The second kappa shape index (κ2) is 7.56. The molecule has 2 N–H and O–H groups in total. The van der Waals surface area contributed by atoms with Crippen LogP contribution in [0.3, 0.4) is 0 Å². The molecule has 19 heavy (non-hydrogen) atoms. The van der Waals surface area contributed by atoms with Gasteiger partial charge in [0.15, 0.2) is 0 Å². The first-order valence-corrected chi connectivity index (χ1v) is 7.60. The number of rotatable bonds is 6. The van der Waals surface area contributed by atoms with Gasteiger partial charge in [0.25, 0.3) is 0 Å². The summed E-state index contributed by atoms with van der Waals surface area (Å²) >= 11 is 1.79. The van der Waals surface area contributed by atoms with Crippen LogP contribution in [0, 0.1) is 0 Å². The minimum absolute atomic E-state index is 0.0530. The molecule has 1 aromatic carbocycles. The van der Waals surface area contributed by atoms with Gasteiger partial charge in [-0.3, -0.25) is 4.79 Å². The molecule has 0 aliphatic heterocycles. The van der Waals surface area contributed by atoms with E-state index in [1.165, 1.54) is 4.90 Å². The van der Waals surface area contributed by atoms with E-state index >= 15 is 0 Å². The average Bonchev–Trinajstić information content (AvgIpc) is 2.33. The van der Waals surface area contributed by atoms with Crippen LogP contribution in [0.1, 0.15) is 27.7 Å². The van der Waals surface area contributed by atoms with Crippen molar-refractivity contribution in [1.82, 2.24) is 10.6 Å². The number of carbonyl (C=O) groups excluding carboxylic acids is 1. The second-order valence-electron chi connectivity index (χ2n) is 5.58. The van der Waals surface area contributed by atoms with Crippen LogP contribution in [0.4, 0.5) is 0 Å². The predicted octanol–water partition coefficient (Wildman–Crippen LogP) is 2.67. The van der Waals surface area contributed by atoms with Crippen LogP contribution in [-0.2, 0) is 4.79 Å². The fourth-order valence-corrected chi connectivity index (χ4v) is 2.34. The molecular weight excluding hydrogens is 256 g/mol. The van der Waals surface area contributed by atoms with Crippen molar-refractivity contribution in [3.05, 3.63) is 30.3 Å². The molecule has 1 atom stereocenters. The van der Waals surface area contributed by atoms with Gasteiger partial charge in [0.05, 0.1) is 6.04 Å². The topological polar surface area (TPSA) is 41.1 Å². The summed E-state index contributed by atoms with van der Waals surface area (Å²) in [7, 11) is 0. The largest absolute Gasteiger partial charge is 0.350 e. The summed E-state index contributed by atoms with van der Waals surface area (Å²) in [6.07, 6.45) is 0. The number of hydrogen-bond acceptors (Lipinski definition) is 3. The van der Waals surface area contributed by atoms with E-state index < -0.39 is 0 Å². The predicted molar refractivity (Wildman–Crippen MR) is 82.5 cm³/mol. The Hall–Kier alpha value is -1.00. The van der Waals surface area contributed by atoms with Crippen LogP contribution >= 0.6 is 11.8 Å². The highest BCUT2D eigenvalue weighted by Gasteiger charge is 2.18. The van der Waals surface area contributed by atoms with Crippen LogP contribution in [0.2, 0.25) is 0 Å². The molecule has 0 saturated carbocycles. The Kier molecular flexibility index (Phi) is 6.38. The first-order chi connectivity index (χ1) is 8.88. The maximum Gasteiger partial charge on any atom is 0.237 e. The van der Waals surface area contributed by atoms with Crippen molar-refractivity contribution >= 4 is 17.7 Å². The van der Waals surface area contributed by atoms with Gasteiger partial charge < -0.3 is 10.6 Å². The van der Waals surface area contributed by atoms with Crippen LogP contribution in [0.25, 0.3) is 0 Å². The third kappa shape index (κ3) is 7.23. The third-order valence-corrected chi connectivity index (χ3v) is 3.47. The minimum Gasteiger partial charge on any atom is -0.350 e. The van der Waals surface area contributed by atoms with Gasteiger partial charge in [-0.2, -0.15) is 0 Å². The molecular formula is C15H24N2OS. The van der Waals surface area contributed by atoms with Crippen molar-refractivity contribution in [3.8, 4) is 0 Å². The van der Waals surface area contributed by atoms with Gasteiger partial charge >= 0.3 is 0 Å². The van der Waals surface area contributed by atoms with Gasteiger partial charge in [0.2, 0.25) is 5.91 Å². The molecule has 1 rings (SSSR count). The fourth-order valence-electron chi connectivity index (χ4n) is 1.53. The van der Waals surface area contributed by atoms with Gasteiger partial charge in [0.1, 0.15) is 0 Å². The molecule has 0 aromatic heterocycles. The zero-order chi connectivity index (χ0) is 14.3. The van der Waals surface area contributed by atoms with Crippen molar-refractivity contribution in [2.45, 2.75) is 44.2 Å². The van der Waals surface area contributed by atoms with E-state index in [1.54, 1.807) is 11.8 Å². The van der Waals surface area contributed by atoms with E-state index in [-0.39, 0.29) is 17.5 Å². The molecule has 0 radical (unpaired) electrons. The summed E-state index contributed by atoms with van der Waals surface area (Å²) in [5.41, 5.74) is -0.175. The zero-order valence-corrected chi connectivity index (χ0v) is 13.0. The molecule has 4 heteroatoms. The fraction of sp³-hybridized carbons (Fsp3) is 0.533. The van der Waals surface area contributed by atoms with Crippen LogP contribution < -0.4 is 10.6 Å². The van der Waals surface area contributed by atoms with Crippen molar-refractivity contribution in [2.75, 3.05) is 12.3 Å². The zero-order valence-electron chi connectivity index (χ0n) is 12.2. The minimum atomic E-state index is -0.175. The Morgan fingerprint density at radius 1 is 1.26 bits per heavy atom. The Balaban J connectivity index is 2.20. The van der Waals surface area contributed by atoms with E-state index in [1.807, 2.05) is 45.9 Å². The van der Waals surface area contributed by atoms with Crippen LogP contribution in [0.15, 0.2) is 35.2 Å². The lowest BCUT2D eigenvalue weighted by Crippen LogP contribution is -2.49. The van der Waals surface area contributed by atoms with Gasteiger partial charge in [-0.05, 0) is 39.8 Å². The molecule has 0 fully saturated rings. The second-order valence-corrected chi connectivity index (χ2v) is 6.74. The maximum absolute atomic E-state index is 11.8. The monoisotopic (exact) mass is 280 g/mol. The molecule has 0 bridgehead atoms. The van der Waals surface area contributed by atoms with E-state index in [9.17, 15) is 4.79 Å². The van der Waals surface area contributed by atoms with Crippen molar-refractivity contribution in [3.63, 3.8) is 0 Å². The first-order valence-electron chi connectivity index (χ1n) is 6.62. The molecule has 1 aromatic rings. The molecule has 0 saturated heterocycles. The molecule has 0 aliphatic rings. The van der Waals surface area contributed by atoms with Crippen molar-refractivity contribution in [2.24, 2.45) is 0 Å². The lowest BCUT2D eigenvalue weighted by molar-refractivity contribution is -0.124. The Labute approximate surface area is 120 Å². The van der Waals surface area contributed by atoms with Gasteiger partial charge in [-0.15, -0.1) is 11.8 Å². The van der Waals surface area contributed by atoms with E-state index in [4.69, 9.17) is 0 Å². The standard InChI is InChI=1S/C15H24N2OS/c1-12(14(18)17-15(2,3)4)16-10-11-19-13-8-6-5-7-9-13/h5-9,12,16H,10-11H2,1-4H3,(H,17,18). The summed E-state index contributed by atoms with van der Waals surface area (Å²) < 4.78 is 0. The molecule has 106 valence electrons. The molecule has 1 amide bonds. The van der Waals surface area contributed by atoms with Crippen molar-refractivity contribution < 1.29 is 4.79 Å². The smallest absolute Gasteiger partial charge is 0.237 e. The molecule has 0 spiro atoms. The molecule has 0 heterocycles. The van der Waals surface area contributed by atoms with Gasteiger partial charge in [-0.25, -0.2) is 0 Å². The number of amides is 1. The Bertz CT molecular complexity index is 387. The summed E-state index contributed by atoms with van der Waals surface area (Å²) in [6.45, 7) is 8.68. The molecule has 0 aliphatic carbocycles. The van der Waals surface area contributed by atoms with E-state index in [2.05, 4.69) is 22.8 Å². The number of carbonyl (C=O) groups is 1. The normalized spacial score (nSPS) is 13.1. The lowest BCUT2D eigenvalue weighted by Gasteiger charge is -2.23. The molecule has 3 nitrogen and oxygen atoms in total. The highest BCUT2D eigenvalue weighted by Crippen LogP contribution is 2.15. The number of hydrogen-bond donors (Lipinski definition) is 2. The third-order valence-electron chi connectivity index (χ3n) is 2.46. The lowest BCUT2D eigenvalue weighted by atomic mass is 10.1. The van der Waals surface area contributed by atoms with E-state index in [0.717, 1.165) is 12.3 Å². The number of thioether (sulfide) groups is 1. The van der Waals surface area contributed by atoms with Crippen LogP contribution in [0.5, 0.6) is 0 Å². The number of benzene rings is 1. The quantitative estimate of drug-likeness (QED) is 0.622. The summed E-state index contributed by atoms with van der Waals surface area (Å²) in [5, 5.41) is 6.21. The Morgan fingerprint density at radius 2 is 1.89 bits per heavy atom. The SMILES string of the molecule is CC(NCCSc1ccccc1)C(=O)NC(C)(C)C. The average molecular weight is 280 g/mol. The maximum atomic E-state index is 11.8. The van der Waals surface area contributed by atoms with Gasteiger partial charge in [-0.1, -0.05) is 18.2 Å². The van der Waals surface area contributed by atoms with E-state index in [0.29, 0.717) is 0 Å². The molecule has 1 unspecified atom stereocenters. The summed E-state index contributed by atoms with van der Waals surface area (Å²) in [4.78, 5) is 13.1. The van der Waals surface area contributed by atoms with Crippen molar-refractivity contribution in [1.29, 1.82) is 0 Å². The first kappa shape index (κ1) is 16.1. The summed E-state index contributed by atoms with van der Waals surface area (Å²) in [6, 6.07) is 10.1.